The Morgan fingerprint density at radius 1 is 1.16 bits per heavy atom. The van der Waals surface area contributed by atoms with Gasteiger partial charge < -0.3 is 4.74 Å². The van der Waals surface area contributed by atoms with Crippen molar-refractivity contribution in [1.29, 1.82) is 0 Å². The number of halogens is 2. The summed E-state index contributed by atoms with van der Waals surface area (Å²) < 4.78 is 6.90. The number of hydrogen-bond acceptors (Lipinski definition) is 1. The molecule has 0 bridgehead atoms. The highest BCUT2D eigenvalue weighted by Crippen LogP contribution is 2.37. The Morgan fingerprint density at radius 2 is 1.95 bits per heavy atom. The van der Waals surface area contributed by atoms with Crippen LogP contribution in [0.4, 0.5) is 0 Å². The van der Waals surface area contributed by atoms with Crippen LogP contribution in [0.2, 0.25) is 0 Å². The first kappa shape index (κ1) is 13.6. The predicted molar refractivity (Wildman–Crippen MR) is 86.9 cm³/mol. The third-order valence-electron chi connectivity index (χ3n) is 3.74. The van der Waals surface area contributed by atoms with Crippen LogP contribution in [0, 0.1) is 0 Å². The number of benzene rings is 2. The minimum atomic E-state index is 0.355. The van der Waals surface area contributed by atoms with Crippen molar-refractivity contribution in [2.45, 2.75) is 30.2 Å². The first-order valence-corrected chi connectivity index (χ1v) is 8.39. The van der Waals surface area contributed by atoms with E-state index in [-0.39, 0.29) is 0 Å². The minimum Gasteiger partial charge on any atom is -0.378 e. The fourth-order valence-corrected chi connectivity index (χ4v) is 4.04. The van der Waals surface area contributed by atoms with E-state index < -0.39 is 0 Å². The summed E-state index contributed by atoms with van der Waals surface area (Å²) in [5.74, 6) is 0. The molecule has 1 aliphatic heterocycles. The van der Waals surface area contributed by atoms with E-state index in [2.05, 4.69) is 68.3 Å². The summed E-state index contributed by atoms with van der Waals surface area (Å²) in [6.07, 6.45) is 3.85. The fourth-order valence-electron chi connectivity index (χ4n) is 2.75. The van der Waals surface area contributed by atoms with E-state index in [1.54, 1.807) is 0 Å². The number of ether oxygens (including phenoxy) is 1. The topological polar surface area (TPSA) is 9.23 Å². The Balaban J connectivity index is 1.93. The molecule has 2 atom stereocenters. The molecule has 0 N–H and O–H groups in total. The monoisotopic (exact) mass is 382 g/mol. The molecule has 19 heavy (non-hydrogen) atoms. The minimum absolute atomic E-state index is 0.355. The molecule has 2 aromatic carbocycles. The van der Waals surface area contributed by atoms with Crippen LogP contribution >= 0.6 is 31.9 Å². The summed E-state index contributed by atoms with van der Waals surface area (Å²) in [5, 5.41) is 2.59. The summed E-state index contributed by atoms with van der Waals surface area (Å²) >= 11 is 7.47. The molecule has 0 aliphatic carbocycles. The quantitative estimate of drug-likeness (QED) is 0.626. The van der Waals surface area contributed by atoms with E-state index >= 15 is 0 Å². The lowest BCUT2D eigenvalue weighted by atomic mass is 9.99. The van der Waals surface area contributed by atoms with Crippen molar-refractivity contribution in [2.75, 3.05) is 6.61 Å². The molecular formula is C16H16Br2O. The zero-order valence-electron chi connectivity index (χ0n) is 10.6. The van der Waals surface area contributed by atoms with Crippen LogP contribution < -0.4 is 0 Å². The third-order valence-corrected chi connectivity index (χ3v) is 5.29. The molecule has 1 aliphatic rings. The van der Waals surface area contributed by atoms with Gasteiger partial charge in [0.25, 0.3) is 0 Å². The van der Waals surface area contributed by atoms with Crippen LogP contribution in [-0.2, 0) is 4.74 Å². The zero-order valence-corrected chi connectivity index (χ0v) is 13.8. The molecule has 2 unspecified atom stereocenters. The molecule has 3 rings (SSSR count). The lowest BCUT2D eigenvalue weighted by molar-refractivity contribution is 0.104. The Labute approximate surface area is 130 Å². The van der Waals surface area contributed by atoms with E-state index in [1.165, 1.54) is 29.2 Å². The van der Waals surface area contributed by atoms with Gasteiger partial charge in [-0.05, 0) is 41.7 Å². The van der Waals surface area contributed by atoms with Crippen molar-refractivity contribution in [2.24, 2.45) is 0 Å². The van der Waals surface area contributed by atoms with E-state index in [1.807, 2.05) is 0 Å². The van der Waals surface area contributed by atoms with Crippen LogP contribution in [0.3, 0.4) is 0 Å². The molecule has 0 radical (unpaired) electrons. The summed E-state index contributed by atoms with van der Waals surface area (Å²) in [6.45, 7) is 0.922. The molecule has 0 saturated carbocycles. The second-order valence-corrected chi connectivity index (χ2v) is 6.98. The summed E-state index contributed by atoms with van der Waals surface area (Å²) in [7, 11) is 0. The average Bonchev–Trinajstić information content (AvgIpc) is 2.92. The maximum Gasteiger partial charge on any atom is 0.0589 e. The van der Waals surface area contributed by atoms with Crippen LogP contribution in [0.5, 0.6) is 0 Å². The standard InChI is InChI=1S/C16H16Br2O/c17-15-8-7-14(12-5-1-2-6-13(12)15)16(18)10-11-4-3-9-19-11/h1-2,5-8,11,16H,3-4,9-10H2. The molecular weight excluding hydrogens is 368 g/mol. The number of rotatable bonds is 3. The third kappa shape index (κ3) is 2.88. The van der Waals surface area contributed by atoms with Crippen molar-refractivity contribution >= 4 is 42.6 Å². The Morgan fingerprint density at radius 3 is 2.68 bits per heavy atom. The first-order chi connectivity index (χ1) is 9.25. The molecule has 1 nitrogen and oxygen atoms in total. The molecule has 3 heteroatoms. The van der Waals surface area contributed by atoms with Crippen LogP contribution in [-0.4, -0.2) is 12.7 Å². The molecule has 0 spiro atoms. The molecule has 0 aromatic heterocycles. The lowest BCUT2D eigenvalue weighted by Crippen LogP contribution is -2.08. The Bertz CT molecular complexity index is 576. The van der Waals surface area contributed by atoms with Gasteiger partial charge in [0.15, 0.2) is 0 Å². The Kier molecular flexibility index (Phi) is 4.25. The van der Waals surface area contributed by atoms with Gasteiger partial charge in [0.05, 0.1) is 6.10 Å². The van der Waals surface area contributed by atoms with Gasteiger partial charge in [0, 0.05) is 15.9 Å². The number of alkyl halides is 1. The summed E-state index contributed by atoms with van der Waals surface area (Å²) in [4.78, 5) is 0.355. The van der Waals surface area contributed by atoms with Gasteiger partial charge in [-0.3, -0.25) is 0 Å². The highest BCUT2D eigenvalue weighted by molar-refractivity contribution is 9.10. The van der Waals surface area contributed by atoms with Gasteiger partial charge in [-0.2, -0.15) is 0 Å². The normalized spacial score (nSPS) is 20.8. The van der Waals surface area contributed by atoms with Crippen molar-refractivity contribution in [3.05, 3.63) is 46.4 Å². The predicted octanol–water partition coefficient (Wildman–Crippen LogP) is 5.61. The van der Waals surface area contributed by atoms with Gasteiger partial charge in [0.1, 0.15) is 0 Å². The summed E-state index contributed by atoms with van der Waals surface area (Å²) in [5.41, 5.74) is 1.36. The maximum atomic E-state index is 5.74. The average molecular weight is 384 g/mol. The van der Waals surface area contributed by atoms with Gasteiger partial charge in [0.2, 0.25) is 0 Å². The van der Waals surface area contributed by atoms with Gasteiger partial charge >= 0.3 is 0 Å². The molecule has 0 amide bonds. The van der Waals surface area contributed by atoms with Gasteiger partial charge in [-0.25, -0.2) is 0 Å². The largest absolute Gasteiger partial charge is 0.378 e. The number of hydrogen-bond donors (Lipinski definition) is 0. The number of fused-ring (bicyclic) bond motifs is 1. The SMILES string of the molecule is Brc1ccc(C(Br)CC2CCCO2)c2ccccc12. The van der Waals surface area contributed by atoms with Crippen molar-refractivity contribution < 1.29 is 4.74 Å². The maximum absolute atomic E-state index is 5.74. The lowest BCUT2D eigenvalue weighted by Gasteiger charge is -2.17. The van der Waals surface area contributed by atoms with Crippen LogP contribution in [0.25, 0.3) is 10.8 Å². The highest BCUT2D eigenvalue weighted by Gasteiger charge is 2.21. The van der Waals surface area contributed by atoms with Crippen molar-refractivity contribution in [3.63, 3.8) is 0 Å². The highest BCUT2D eigenvalue weighted by atomic mass is 79.9. The van der Waals surface area contributed by atoms with Crippen LogP contribution in [0.15, 0.2) is 40.9 Å². The molecule has 2 aromatic rings. The molecule has 100 valence electrons. The van der Waals surface area contributed by atoms with Gasteiger partial charge in [-0.1, -0.05) is 62.2 Å². The van der Waals surface area contributed by atoms with E-state index in [0.29, 0.717) is 10.9 Å². The summed E-state index contributed by atoms with van der Waals surface area (Å²) in [6, 6.07) is 12.9. The van der Waals surface area contributed by atoms with Crippen molar-refractivity contribution in [3.8, 4) is 0 Å². The Hall–Kier alpha value is -0.380. The van der Waals surface area contributed by atoms with E-state index in [9.17, 15) is 0 Å². The second kappa shape index (κ2) is 5.94. The van der Waals surface area contributed by atoms with Gasteiger partial charge in [-0.15, -0.1) is 0 Å². The molecule has 1 heterocycles. The molecule has 1 saturated heterocycles. The van der Waals surface area contributed by atoms with E-state index in [4.69, 9.17) is 4.74 Å². The van der Waals surface area contributed by atoms with E-state index in [0.717, 1.165) is 17.5 Å². The zero-order chi connectivity index (χ0) is 13.2. The first-order valence-electron chi connectivity index (χ1n) is 6.68. The van der Waals surface area contributed by atoms with Crippen molar-refractivity contribution in [1.82, 2.24) is 0 Å². The fraction of sp³-hybridized carbons (Fsp3) is 0.375. The van der Waals surface area contributed by atoms with Crippen LogP contribution in [0.1, 0.15) is 29.7 Å². The molecule has 1 fully saturated rings. The smallest absolute Gasteiger partial charge is 0.0589 e. The second-order valence-electron chi connectivity index (χ2n) is 5.02.